The topological polar surface area (TPSA) is 49.4 Å². The van der Waals surface area contributed by atoms with E-state index in [0.717, 1.165) is 12.8 Å². The van der Waals surface area contributed by atoms with Crippen molar-refractivity contribution in [3.8, 4) is 0 Å². The number of unbranched alkanes of at least 4 members (excludes halogenated alkanes) is 1. The molecule has 0 unspecified atom stereocenters. The Kier molecular flexibility index (Phi) is 8.93. The van der Waals surface area contributed by atoms with Crippen LogP contribution in [0.3, 0.4) is 0 Å². The zero-order valence-corrected chi connectivity index (χ0v) is 18.1. The quantitative estimate of drug-likeness (QED) is 0.559. The van der Waals surface area contributed by atoms with Crippen molar-refractivity contribution in [2.45, 2.75) is 45.7 Å². The smallest absolute Gasteiger partial charge is 0.242 e. The summed E-state index contributed by atoms with van der Waals surface area (Å²) < 4.78 is 14.2. The van der Waals surface area contributed by atoms with Gasteiger partial charge in [-0.2, -0.15) is 0 Å². The number of halogens is 3. The van der Waals surface area contributed by atoms with Crippen molar-refractivity contribution >= 4 is 35.0 Å². The summed E-state index contributed by atoms with van der Waals surface area (Å²) in [5.41, 5.74) is 1.02. The van der Waals surface area contributed by atoms with Gasteiger partial charge >= 0.3 is 0 Å². The molecule has 0 spiro atoms. The fourth-order valence-electron chi connectivity index (χ4n) is 2.85. The molecule has 0 aromatic heterocycles. The maximum atomic E-state index is 14.2. The fraction of sp³-hybridized carbons (Fsp3) is 0.364. The zero-order valence-electron chi connectivity index (χ0n) is 16.6. The molecule has 0 aliphatic carbocycles. The first kappa shape index (κ1) is 23.2. The van der Waals surface area contributed by atoms with Gasteiger partial charge in [-0.05, 0) is 37.1 Å². The van der Waals surface area contributed by atoms with Crippen molar-refractivity contribution in [3.63, 3.8) is 0 Å². The van der Waals surface area contributed by atoms with Crippen LogP contribution < -0.4 is 5.32 Å². The van der Waals surface area contributed by atoms with E-state index in [2.05, 4.69) is 5.32 Å². The third kappa shape index (κ3) is 6.72. The molecule has 7 heteroatoms. The van der Waals surface area contributed by atoms with Crippen LogP contribution in [0.5, 0.6) is 0 Å². The molecule has 1 atom stereocenters. The molecule has 4 nitrogen and oxygen atoms in total. The first-order chi connectivity index (χ1) is 13.8. The van der Waals surface area contributed by atoms with Gasteiger partial charge < -0.3 is 10.2 Å². The molecule has 0 bridgehead atoms. The van der Waals surface area contributed by atoms with E-state index >= 15 is 0 Å². The van der Waals surface area contributed by atoms with Gasteiger partial charge in [0.15, 0.2) is 0 Å². The van der Waals surface area contributed by atoms with Crippen LogP contribution in [-0.2, 0) is 22.6 Å². The van der Waals surface area contributed by atoms with Gasteiger partial charge in [0, 0.05) is 18.7 Å². The number of hydrogen-bond acceptors (Lipinski definition) is 2. The molecule has 156 valence electrons. The van der Waals surface area contributed by atoms with Crippen LogP contribution in [0.2, 0.25) is 10.0 Å². The lowest BCUT2D eigenvalue weighted by molar-refractivity contribution is -0.140. The van der Waals surface area contributed by atoms with Gasteiger partial charge in [0.25, 0.3) is 0 Å². The Morgan fingerprint density at radius 2 is 1.86 bits per heavy atom. The van der Waals surface area contributed by atoms with E-state index in [9.17, 15) is 14.0 Å². The van der Waals surface area contributed by atoms with Gasteiger partial charge in [0.05, 0.1) is 16.5 Å². The first-order valence-corrected chi connectivity index (χ1v) is 10.3. The average molecular weight is 439 g/mol. The largest absolute Gasteiger partial charge is 0.354 e. The van der Waals surface area contributed by atoms with Crippen LogP contribution in [-0.4, -0.2) is 29.3 Å². The molecule has 0 radical (unpaired) electrons. The lowest BCUT2D eigenvalue weighted by Crippen LogP contribution is -2.48. The van der Waals surface area contributed by atoms with Gasteiger partial charge in [0.1, 0.15) is 11.9 Å². The number of carbonyl (C=O) groups is 2. The number of carbonyl (C=O) groups excluding carboxylic acids is 2. The lowest BCUT2D eigenvalue weighted by Gasteiger charge is -2.29. The highest BCUT2D eigenvalue weighted by Crippen LogP contribution is 2.23. The second-order valence-electron chi connectivity index (χ2n) is 6.86. The van der Waals surface area contributed by atoms with Crippen LogP contribution in [0.4, 0.5) is 4.39 Å². The minimum atomic E-state index is -0.748. The predicted molar refractivity (Wildman–Crippen MR) is 114 cm³/mol. The Morgan fingerprint density at radius 3 is 2.52 bits per heavy atom. The summed E-state index contributed by atoms with van der Waals surface area (Å²) in [7, 11) is 0. The van der Waals surface area contributed by atoms with Crippen molar-refractivity contribution in [2.24, 2.45) is 0 Å². The summed E-state index contributed by atoms with van der Waals surface area (Å²) in [6.07, 6.45) is 1.82. The molecule has 0 aliphatic heterocycles. The van der Waals surface area contributed by atoms with E-state index in [0.29, 0.717) is 27.7 Å². The number of nitrogens with one attached hydrogen (secondary N) is 1. The van der Waals surface area contributed by atoms with Gasteiger partial charge in [-0.1, -0.05) is 60.8 Å². The van der Waals surface area contributed by atoms with Crippen LogP contribution in [0, 0.1) is 5.82 Å². The Balaban J connectivity index is 2.22. The number of benzene rings is 2. The first-order valence-electron chi connectivity index (χ1n) is 9.58. The van der Waals surface area contributed by atoms with Crippen molar-refractivity contribution in [1.29, 1.82) is 0 Å². The molecule has 1 N–H and O–H groups in total. The summed E-state index contributed by atoms with van der Waals surface area (Å²) in [6, 6.07) is 10.4. The zero-order chi connectivity index (χ0) is 21.4. The summed E-state index contributed by atoms with van der Waals surface area (Å²) in [4.78, 5) is 27.0. The standard InChI is InChI=1S/C22H25Cl2FN2O2/c1-3-4-11-26-22(29)15(2)27(14-17-7-5-6-8-20(17)25)21(28)13-16-9-10-18(23)19(24)12-16/h5-10,12,15H,3-4,11,13-14H2,1-2H3,(H,26,29)/t15-/m1/s1. The maximum Gasteiger partial charge on any atom is 0.242 e. The second-order valence-corrected chi connectivity index (χ2v) is 7.67. The Bertz CT molecular complexity index is 860. The second kappa shape index (κ2) is 11.2. The summed E-state index contributed by atoms with van der Waals surface area (Å²) in [5, 5.41) is 3.58. The summed E-state index contributed by atoms with van der Waals surface area (Å²) in [5.74, 6) is -0.986. The molecule has 2 rings (SSSR count). The van der Waals surface area contributed by atoms with Crippen molar-refractivity contribution in [1.82, 2.24) is 10.2 Å². The fourth-order valence-corrected chi connectivity index (χ4v) is 3.18. The highest BCUT2D eigenvalue weighted by Gasteiger charge is 2.26. The van der Waals surface area contributed by atoms with Crippen LogP contribution in [0.25, 0.3) is 0 Å². The number of amides is 2. The van der Waals surface area contributed by atoms with Gasteiger partial charge in [-0.3, -0.25) is 9.59 Å². The third-order valence-electron chi connectivity index (χ3n) is 4.63. The summed E-state index contributed by atoms with van der Waals surface area (Å²) in [6.45, 7) is 4.21. The van der Waals surface area contributed by atoms with E-state index in [4.69, 9.17) is 23.2 Å². The van der Waals surface area contributed by atoms with Crippen molar-refractivity contribution in [3.05, 3.63) is 69.5 Å². The van der Waals surface area contributed by atoms with Gasteiger partial charge in [-0.15, -0.1) is 0 Å². The van der Waals surface area contributed by atoms with Crippen LogP contribution in [0.1, 0.15) is 37.8 Å². The molecule has 0 saturated heterocycles. The van der Waals surface area contributed by atoms with Gasteiger partial charge in [-0.25, -0.2) is 4.39 Å². The number of rotatable bonds is 9. The molecule has 2 aromatic rings. The molecule has 0 saturated carbocycles. The molecular formula is C22H25Cl2FN2O2. The molecular weight excluding hydrogens is 414 g/mol. The van der Waals surface area contributed by atoms with Gasteiger partial charge in [0.2, 0.25) is 11.8 Å². The Hall–Kier alpha value is -2.11. The minimum absolute atomic E-state index is 0.00477. The molecule has 2 amide bonds. The van der Waals surface area contributed by atoms with Crippen molar-refractivity contribution in [2.75, 3.05) is 6.54 Å². The molecule has 0 heterocycles. The van der Waals surface area contributed by atoms with E-state index in [1.54, 1.807) is 43.3 Å². The lowest BCUT2D eigenvalue weighted by atomic mass is 10.1. The highest BCUT2D eigenvalue weighted by molar-refractivity contribution is 6.42. The minimum Gasteiger partial charge on any atom is -0.354 e. The SMILES string of the molecule is CCCCNC(=O)[C@@H](C)N(Cc1ccccc1F)C(=O)Cc1ccc(Cl)c(Cl)c1. The number of nitrogens with zero attached hydrogens (tertiary/aromatic N) is 1. The average Bonchev–Trinajstić information content (AvgIpc) is 2.69. The molecule has 29 heavy (non-hydrogen) atoms. The monoisotopic (exact) mass is 438 g/mol. The van der Waals surface area contributed by atoms with E-state index in [1.807, 2.05) is 6.92 Å². The van der Waals surface area contributed by atoms with E-state index < -0.39 is 11.9 Å². The molecule has 0 aliphatic rings. The predicted octanol–water partition coefficient (Wildman–Crippen LogP) is 5.01. The van der Waals surface area contributed by atoms with Crippen molar-refractivity contribution < 1.29 is 14.0 Å². The Labute approximate surface area is 181 Å². The third-order valence-corrected chi connectivity index (χ3v) is 5.37. The number of hydrogen-bond donors (Lipinski definition) is 1. The summed E-state index contributed by atoms with van der Waals surface area (Å²) >= 11 is 12.0. The van der Waals surface area contributed by atoms with E-state index in [1.165, 1.54) is 11.0 Å². The normalized spacial score (nSPS) is 11.8. The van der Waals surface area contributed by atoms with Crippen LogP contribution in [0.15, 0.2) is 42.5 Å². The van der Waals surface area contributed by atoms with Crippen LogP contribution >= 0.6 is 23.2 Å². The van der Waals surface area contributed by atoms with E-state index in [-0.39, 0.29) is 24.8 Å². The Morgan fingerprint density at radius 1 is 1.14 bits per heavy atom. The highest BCUT2D eigenvalue weighted by atomic mass is 35.5. The molecule has 0 fully saturated rings. The maximum absolute atomic E-state index is 14.2. The molecule has 2 aromatic carbocycles.